The average molecular weight is 367 g/mol. The molecule has 3 N–H and O–H groups in total. The summed E-state index contributed by atoms with van der Waals surface area (Å²) in [4.78, 5) is 23.2. The molecular weight excluding hydrogens is 342 g/mol. The van der Waals surface area contributed by atoms with E-state index in [0.717, 1.165) is 24.2 Å². The first-order valence-corrected chi connectivity index (χ1v) is 9.27. The van der Waals surface area contributed by atoms with Gasteiger partial charge in [0.05, 0.1) is 6.10 Å². The summed E-state index contributed by atoms with van der Waals surface area (Å²) >= 11 is 0. The number of nitrogens with one attached hydrogen (secondary N) is 3. The third-order valence-electron chi connectivity index (χ3n) is 4.47. The summed E-state index contributed by atoms with van der Waals surface area (Å²) in [7, 11) is 0. The van der Waals surface area contributed by atoms with Crippen molar-refractivity contribution in [1.82, 2.24) is 5.32 Å². The Kier molecular flexibility index (Phi) is 6.30. The van der Waals surface area contributed by atoms with Crippen molar-refractivity contribution in [2.75, 3.05) is 10.6 Å². The zero-order valence-electron chi connectivity index (χ0n) is 15.5. The maximum absolute atomic E-state index is 12.2. The Bertz CT molecular complexity index is 784. The van der Waals surface area contributed by atoms with E-state index in [2.05, 4.69) is 16.0 Å². The molecular formula is C21H25N3O3. The van der Waals surface area contributed by atoms with Gasteiger partial charge in [-0.2, -0.15) is 0 Å². The molecule has 1 saturated carbocycles. The molecule has 6 heteroatoms. The summed E-state index contributed by atoms with van der Waals surface area (Å²) in [5.74, 6) is 0.705. The SMILES string of the molecule is CC(=O)Nc1ccc(NC(=O)NCc2ccccc2OC2CCCC2)cc1. The van der Waals surface area contributed by atoms with E-state index in [0.29, 0.717) is 17.9 Å². The van der Waals surface area contributed by atoms with Crippen molar-refractivity contribution in [3.8, 4) is 5.75 Å². The number of benzene rings is 2. The van der Waals surface area contributed by atoms with E-state index < -0.39 is 0 Å². The van der Waals surface area contributed by atoms with E-state index in [-0.39, 0.29) is 18.0 Å². The molecule has 0 saturated heterocycles. The number of hydrogen-bond donors (Lipinski definition) is 3. The maximum atomic E-state index is 12.2. The maximum Gasteiger partial charge on any atom is 0.319 e. The second kappa shape index (κ2) is 9.07. The Balaban J connectivity index is 1.52. The average Bonchev–Trinajstić information content (AvgIpc) is 3.15. The van der Waals surface area contributed by atoms with Crippen molar-refractivity contribution in [2.24, 2.45) is 0 Å². The first-order chi connectivity index (χ1) is 13.1. The lowest BCUT2D eigenvalue weighted by molar-refractivity contribution is -0.114. The minimum absolute atomic E-state index is 0.132. The summed E-state index contributed by atoms with van der Waals surface area (Å²) in [6.07, 6.45) is 4.90. The van der Waals surface area contributed by atoms with Gasteiger partial charge in [0.2, 0.25) is 5.91 Å². The van der Waals surface area contributed by atoms with Crippen LogP contribution in [-0.4, -0.2) is 18.0 Å². The van der Waals surface area contributed by atoms with E-state index in [1.54, 1.807) is 24.3 Å². The molecule has 6 nitrogen and oxygen atoms in total. The Labute approximate surface area is 159 Å². The van der Waals surface area contributed by atoms with Gasteiger partial charge >= 0.3 is 6.03 Å². The number of carbonyl (C=O) groups excluding carboxylic acids is 2. The third-order valence-corrected chi connectivity index (χ3v) is 4.47. The fourth-order valence-corrected chi connectivity index (χ4v) is 3.14. The second-order valence-electron chi connectivity index (χ2n) is 6.70. The van der Waals surface area contributed by atoms with Gasteiger partial charge in [-0.05, 0) is 56.0 Å². The minimum atomic E-state index is -0.294. The van der Waals surface area contributed by atoms with Crippen LogP contribution < -0.4 is 20.7 Å². The Hall–Kier alpha value is -3.02. The Morgan fingerprint density at radius 3 is 2.26 bits per heavy atom. The van der Waals surface area contributed by atoms with Gasteiger partial charge in [0.1, 0.15) is 5.75 Å². The van der Waals surface area contributed by atoms with E-state index in [4.69, 9.17) is 4.74 Å². The lowest BCUT2D eigenvalue weighted by Gasteiger charge is -2.17. The highest BCUT2D eigenvalue weighted by Gasteiger charge is 2.17. The molecule has 0 bridgehead atoms. The van der Waals surface area contributed by atoms with Crippen molar-refractivity contribution in [3.63, 3.8) is 0 Å². The van der Waals surface area contributed by atoms with Gasteiger partial charge in [0.15, 0.2) is 0 Å². The molecule has 27 heavy (non-hydrogen) atoms. The summed E-state index contributed by atoms with van der Waals surface area (Å²) < 4.78 is 6.10. The molecule has 0 aromatic heterocycles. The molecule has 2 aromatic rings. The summed E-state index contributed by atoms with van der Waals surface area (Å²) in [5.41, 5.74) is 2.30. The lowest BCUT2D eigenvalue weighted by Crippen LogP contribution is -2.28. The molecule has 0 heterocycles. The number of amides is 3. The van der Waals surface area contributed by atoms with Crippen molar-refractivity contribution in [2.45, 2.75) is 45.3 Å². The van der Waals surface area contributed by atoms with Crippen LogP contribution in [0.25, 0.3) is 0 Å². The summed E-state index contributed by atoms with van der Waals surface area (Å²) in [6, 6.07) is 14.5. The standard InChI is InChI=1S/C21H25N3O3/c1-15(25)23-17-10-12-18(13-11-17)24-21(26)22-14-16-6-2-5-9-20(16)27-19-7-3-4-8-19/h2,5-6,9-13,19H,3-4,7-8,14H2,1H3,(H,23,25)(H2,22,24,26). The number of anilines is 2. The van der Waals surface area contributed by atoms with Crippen molar-refractivity contribution in [1.29, 1.82) is 0 Å². The minimum Gasteiger partial charge on any atom is -0.490 e. The molecule has 1 aliphatic carbocycles. The van der Waals surface area contributed by atoms with Gasteiger partial charge in [-0.25, -0.2) is 4.79 Å². The van der Waals surface area contributed by atoms with Crippen LogP contribution in [-0.2, 0) is 11.3 Å². The third kappa shape index (κ3) is 5.74. The Morgan fingerprint density at radius 1 is 0.963 bits per heavy atom. The van der Waals surface area contributed by atoms with Crippen LogP contribution in [0.2, 0.25) is 0 Å². The molecule has 142 valence electrons. The fraction of sp³-hybridized carbons (Fsp3) is 0.333. The Morgan fingerprint density at radius 2 is 1.59 bits per heavy atom. The molecule has 0 spiro atoms. The van der Waals surface area contributed by atoms with Crippen LogP contribution >= 0.6 is 0 Å². The highest BCUT2D eigenvalue weighted by Crippen LogP contribution is 2.26. The number of carbonyl (C=O) groups is 2. The van der Waals surface area contributed by atoms with Crippen LogP contribution in [0.4, 0.5) is 16.2 Å². The zero-order chi connectivity index (χ0) is 19.1. The molecule has 0 atom stereocenters. The topological polar surface area (TPSA) is 79.5 Å². The van der Waals surface area contributed by atoms with Crippen LogP contribution in [0.5, 0.6) is 5.75 Å². The van der Waals surface area contributed by atoms with Crippen LogP contribution in [0.3, 0.4) is 0 Å². The van der Waals surface area contributed by atoms with E-state index >= 15 is 0 Å². The van der Waals surface area contributed by atoms with E-state index in [1.165, 1.54) is 19.8 Å². The highest BCUT2D eigenvalue weighted by atomic mass is 16.5. The number of rotatable bonds is 6. The lowest BCUT2D eigenvalue weighted by atomic mass is 10.2. The molecule has 3 amide bonds. The monoisotopic (exact) mass is 367 g/mol. The fourth-order valence-electron chi connectivity index (χ4n) is 3.14. The van der Waals surface area contributed by atoms with Gasteiger partial charge in [-0.15, -0.1) is 0 Å². The number of urea groups is 1. The summed E-state index contributed by atoms with van der Waals surface area (Å²) in [6.45, 7) is 1.84. The molecule has 0 aliphatic heterocycles. The first-order valence-electron chi connectivity index (χ1n) is 9.27. The molecule has 1 aliphatic rings. The van der Waals surface area contributed by atoms with Gasteiger partial charge in [0.25, 0.3) is 0 Å². The molecule has 0 unspecified atom stereocenters. The van der Waals surface area contributed by atoms with E-state index in [1.807, 2.05) is 24.3 Å². The predicted molar refractivity (Wildman–Crippen MR) is 106 cm³/mol. The second-order valence-corrected chi connectivity index (χ2v) is 6.70. The smallest absolute Gasteiger partial charge is 0.319 e. The molecule has 2 aromatic carbocycles. The first kappa shape index (κ1) is 18.8. The number of ether oxygens (including phenoxy) is 1. The zero-order valence-corrected chi connectivity index (χ0v) is 15.5. The van der Waals surface area contributed by atoms with Gasteiger partial charge in [-0.1, -0.05) is 18.2 Å². The van der Waals surface area contributed by atoms with Crippen molar-refractivity contribution < 1.29 is 14.3 Å². The van der Waals surface area contributed by atoms with Crippen molar-refractivity contribution in [3.05, 3.63) is 54.1 Å². The van der Waals surface area contributed by atoms with Gasteiger partial charge in [0, 0.05) is 30.4 Å². The molecule has 0 radical (unpaired) electrons. The predicted octanol–water partition coefficient (Wildman–Crippen LogP) is 4.29. The van der Waals surface area contributed by atoms with Gasteiger partial charge in [-0.3, -0.25) is 4.79 Å². The quantitative estimate of drug-likeness (QED) is 0.713. The number of hydrogen-bond acceptors (Lipinski definition) is 3. The van der Waals surface area contributed by atoms with Crippen LogP contribution in [0, 0.1) is 0 Å². The van der Waals surface area contributed by atoms with E-state index in [9.17, 15) is 9.59 Å². The largest absolute Gasteiger partial charge is 0.490 e. The highest BCUT2D eigenvalue weighted by molar-refractivity contribution is 5.91. The van der Waals surface area contributed by atoms with Crippen LogP contribution in [0.1, 0.15) is 38.2 Å². The normalized spacial score (nSPS) is 13.8. The molecule has 3 rings (SSSR count). The van der Waals surface area contributed by atoms with Crippen molar-refractivity contribution >= 4 is 23.3 Å². The van der Waals surface area contributed by atoms with Gasteiger partial charge < -0.3 is 20.7 Å². The van der Waals surface area contributed by atoms with Crippen LogP contribution in [0.15, 0.2) is 48.5 Å². The molecule has 1 fully saturated rings. The summed E-state index contributed by atoms with van der Waals surface area (Å²) in [5, 5.41) is 8.33. The number of para-hydroxylation sites is 1.